The lowest BCUT2D eigenvalue weighted by atomic mass is 10.1. The molecule has 0 saturated heterocycles. The molecule has 4 nitrogen and oxygen atoms in total. The van der Waals surface area contributed by atoms with E-state index in [2.05, 4.69) is 5.32 Å². The summed E-state index contributed by atoms with van der Waals surface area (Å²) in [5, 5.41) is 3.40. The zero-order valence-electron chi connectivity index (χ0n) is 9.94. The summed E-state index contributed by atoms with van der Waals surface area (Å²) in [6.07, 6.45) is 0.362. The molecule has 5 heteroatoms. The fourth-order valence-electron chi connectivity index (χ4n) is 1.99. The van der Waals surface area contributed by atoms with Gasteiger partial charge in [0.25, 0.3) is 0 Å². The molecule has 19 heavy (non-hydrogen) atoms. The Morgan fingerprint density at radius 3 is 2.68 bits per heavy atom. The summed E-state index contributed by atoms with van der Waals surface area (Å²) in [4.78, 5) is 11.3. The molecule has 0 bridgehead atoms. The first kappa shape index (κ1) is 11.9. The number of nitrogens with one attached hydrogen (secondary N) is 1. The van der Waals surface area contributed by atoms with E-state index < -0.39 is 0 Å². The van der Waals surface area contributed by atoms with Gasteiger partial charge in [-0.1, -0.05) is 11.6 Å². The van der Waals surface area contributed by atoms with Gasteiger partial charge in [0.2, 0.25) is 5.91 Å². The van der Waals surface area contributed by atoms with E-state index in [9.17, 15) is 4.79 Å². The van der Waals surface area contributed by atoms with Crippen molar-refractivity contribution >= 4 is 28.9 Å². The van der Waals surface area contributed by atoms with Gasteiger partial charge in [-0.25, -0.2) is 0 Å². The predicted molar refractivity (Wildman–Crippen MR) is 74.7 cm³/mol. The van der Waals surface area contributed by atoms with E-state index in [0.29, 0.717) is 28.6 Å². The van der Waals surface area contributed by atoms with Crippen molar-refractivity contribution in [2.75, 3.05) is 11.1 Å². The minimum absolute atomic E-state index is 0.0296. The molecule has 1 amide bonds. The van der Waals surface area contributed by atoms with Crippen LogP contribution in [0.1, 0.15) is 5.56 Å². The summed E-state index contributed by atoms with van der Waals surface area (Å²) in [6, 6.07) is 10.5. The second-order valence-electron chi connectivity index (χ2n) is 4.33. The molecule has 0 spiro atoms. The SMILES string of the molecule is Nc1cc2c(cc1Oc1ccc(Cl)cc1)NC(=O)C2. The van der Waals surface area contributed by atoms with Gasteiger partial charge in [-0.2, -0.15) is 0 Å². The average Bonchev–Trinajstić information content (AvgIpc) is 2.72. The molecular weight excluding hydrogens is 264 g/mol. The van der Waals surface area contributed by atoms with Crippen molar-refractivity contribution in [1.82, 2.24) is 0 Å². The highest BCUT2D eigenvalue weighted by molar-refractivity contribution is 6.30. The second-order valence-corrected chi connectivity index (χ2v) is 4.76. The number of nitrogen functional groups attached to an aromatic ring is 1. The number of benzene rings is 2. The van der Waals surface area contributed by atoms with Gasteiger partial charge in [-0.15, -0.1) is 0 Å². The normalized spacial score (nSPS) is 13.0. The minimum Gasteiger partial charge on any atom is -0.455 e. The first-order chi connectivity index (χ1) is 9.11. The van der Waals surface area contributed by atoms with Crippen molar-refractivity contribution in [3.8, 4) is 11.5 Å². The quantitative estimate of drug-likeness (QED) is 0.827. The standard InChI is InChI=1S/C14H11ClN2O2/c15-9-1-3-10(4-2-9)19-13-7-12-8(5-11(13)16)6-14(18)17-12/h1-5,7H,6,16H2,(H,17,18). The molecule has 96 valence electrons. The number of carbonyl (C=O) groups is 1. The van der Waals surface area contributed by atoms with Gasteiger partial charge in [-0.3, -0.25) is 4.79 Å². The highest BCUT2D eigenvalue weighted by Gasteiger charge is 2.19. The molecular formula is C14H11ClN2O2. The molecule has 1 heterocycles. The molecule has 2 aromatic carbocycles. The molecule has 1 aliphatic rings. The summed E-state index contributed by atoms with van der Waals surface area (Å²) in [6.45, 7) is 0. The second kappa shape index (κ2) is 4.48. The number of halogens is 1. The summed E-state index contributed by atoms with van der Waals surface area (Å²) >= 11 is 5.81. The number of nitrogens with two attached hydrogens (primary N) is 1. The minimum atomic E-state index is -0.0296. The van der Waals surface area contributed by atoms with Crippen molar-refractivity contribution in [2.45, 2.75) is 6.42 Å². The lowest BCUT2D eigenvalue weighted by Gasteiger charge is -2.10. The van der Waals surface area contributed by atoms with Gasteiger partial charge in [0.15, 0.2) is 5.75 Å². The van der Waals surface area contributed by atoms with E-state index >= 15 is 0 Å². The maximum Gasteiger partial charge on any atom is 0.228 e. The number of amides is 1. The largest absolute Gasteiger partial charge is 0.455 e. The predicted octanol–water partition coefficient (Wildman–Crippen LogP) is 3.21. The molecule has 3 rings (SSSR count). The third-order valence-electron chi connectivity index (χ3n) is 2.90. The molecule has 0 aromatic heterocycles. The first-order valence-corrected chi connectivity index (χ1v) is 6.15. The number of hydrogen-bond acceptors (Lipinski definition) is 3. The monoisotopic (exact) mass is 274 g/mol. The molecule has 0 unspecified atom stereocenters. The van der Waals surface area contributed by atoms with Gasteiger partial charge in [-0.05, 0) is 35.9 Å². The molecule has 0 radical (unpaired) electrons. The Labute approximate surface area is 115 Å². The van der Waals surface area contributed by atoms with Crippen LogP contribution in [0.2, 0.25) is 5.02 Å². The Morgan fingerprint density at radius 2 is 1.95 bits per heavy atom. The van der Waals surface area contributed by atoms with E-state index in [-0.39, 0.29) is 5.91 Å². The molecule has 3 N–H and O–H groups in total. The van der Waals surface area contributed by atoms with Crippen molar-refractivity contribution in [3.05, 3.63) is 47.0 Å². The molecule has 0 atom stereocenters. The van der Waals surface area contributed by atoms with Crippen LogP contribution >= 0.6 is 11.6 Å². The van der Waals surface area contributed by atoms with Crippen LogP contribution in [0.3, 0.4) is 0 Å². The number of hydrogen-bond donors (Lipinski definition) is 2. The molecule has 2 aromatic rings. The van der Waals surface area contributed by atoms with Crippen molar-refractivity contribution in [2.24, 2.45) is 0 Å². The zero-order valence-corrected chi connectivity index (χ0v) is 10.7. The van der Waals surface area contributed by atoms with Crippen molar-refractivity contribution < 1.29 is 9.53 Å². The highest BCUT2D eigenvalue weighted by atomic mass is 35.5. The third-order valence-corrected chi connectivity index (χ3v) is 3.15. The highest BCUT2D eigenvalue weighted by Crippen LogP contribution is 2.35. The maximum absolute atomic E-state index is 11.3. The number of carbonyl (C=O) groups excluding carboxylic acids is 1. The maximum atomic E-state index is 11.3. The summed E-state index contributed by atoms with van der Waals surface area (Å²) < 4.78 is 5.69. The van der Waals surface area contributed by atoms with Crippen molar-refractivity contribution in [3.63, 3.8) is 0 Å². The Bertz CT molecular complexity index is 653. The van der Waals surface area contributed by atoms with E-state index in [0.717, 1.165) is 11.3 Å². The number of ether oxygens (including phenoxy) is 1. The van der Waals surface area contributed by atoms with E-state index in [1.54, 1.807) is 36.4 Å². The van der Waals surface area contributed by atoms with Crippen LogP contribution in [0.25, 0.3) is 0 Å². The fourth-order valence-corrected chi connectivity index (χ4v) is 2.12. The molecule has 0 saturated carbocycles. The third kappa shape index (κ3) is 2.35. The Morgan fingerprint density at radius 1 is 1.21 bits per heavy atom. The van der Waals surface area contributed by atoms with Crippen molar-refractivity contribution in [1.29, 1.82) is 0 Å². The van der Waals surface area contributed by atoms with Crippen LogP contribution in [0.5, 0.6) is 11.5 Å². The van der Waals surface area contributed by atoms with Gasteiger partial charge < -0.3 is 15.8 Å². The first-order valence-electron chi connectivity index (χ1n) is 5.77. The summed E-state index contributed by atoms with van der Waals surface area (Å²) in [5.41, 5.74) is 8.08. The summed E-state index contributed by atoms with van der Waals surface area (Å²) in [5.74, 6) is 1.13. The Hall–Kier alpha value is -2.20. The smallest absolute Gasteiger partial charge is 0.228 e. The number of fused-ring (bicyclic) bond motifs is 1. The Kier molecular flexibility index (Phi) is 2.80. The number of anilines is 2. The van der Waals surface area contributed by atoms with Crippen LogP contribution in [0.4, 0.5) is 11.4 Å². The Balaban J connectivity index is 1.91. The van der Waals surface area contributed by atoms with E-state index in [1.807, 2.05) is 0 Å². The van der Waals surface area contributed by atoms with Crippen LogP contribution in [-0.2, 0) is 11.2 Å². The van der Waals surface area contributed by atoms with Crippen LogP contribution in [0, 0.1) is 0 Å². The van der Waals surface area contributed by atoms with E-state index in [4.69, 9.17) is 22.1 Å². The van der Waals surface area contributed by atoms with Gasteiger partial charge >= 0.3 is 0 Å². The molecule has 0 fully saturated rings. The lowest BCUT2D eigenvalue weighted by Crippen LogP contribution is -2.03. The number of rotatable bonds is 2. The van der Waals surface area contributed by atoms with E-state index in [1.165, 1.54) is 0 Å². The van der Waals surface area contributed by atoms with Crippen LogP contribution in [0.15, 0.2) is 36.4 Å². The van der Waals surface area contributed by atoms with Crippen LogP contribution in [-0.4, -0.2) is 5.91 Å². The molecule has 1 aliphatic heterocycles. The fraction of sp³-hybridized carbons (Fsp3) is 0.0714. The van der Waals surface area contributed by atoms with Gasteiger partial charge in [0.1, 0.15) is 5.75 Å². The summed E-state index contributed by atoms with van der Waals surface area (Å²) in [7, 11) is 0. The van der Waals surface area contributed by atoms with Gasteiger partial charge in [0, 0.05) is 16.8 Å². The topological polar surface area (TPSA) is 64.3 Å². The zero-order chi connectivity index (χ0) is 13.4. The average molecular weight is 275 g/mol. The van der Waals surface area contributed by atoms with Gasteiger partial charge in [0.05, 0.1) is 12.1 Å². The van der Waals surface area contributed by atoms with Crippen LogP contribution < -0.4 is 15.8 Å². The lowest BCUT2D eigenvalue weighted by molar-refractivity contribution is -0.115. The molecule has 0 aliphatic carbocycles.